The molecule has 1 aliphatic heterocycles. The van der Waals surface area contributed by atoms with Crippen molar-refractivity contribution in [3.8, 4) is 0 Å². The maximum absolute atomic E-state index is 5.89. The van der Waals surface area contributed by atoms with Gasteiger partial charge in [0.15, 0.2) is 0 Å². The van der Waals surface area contributed by atoms with Crippen molar-refractivity contribution in [2.75, 3.05) is 7.05 Å². The predicted molar refractivity (Wildman–Crippen MR) is 48.6 cm³/mol. The van der Waals surface area contributed by atoms with E-state index in [1.807, 2.05) is 13.0 Å². The second-order valence-electron chi connectivity index (χ2n) is 2.43. The van der Waals surface area contributed by atoms with E-state index in [0.717, 1.165) is 15.9 Å². The van der Waals surface area contributed by atoms with E-state index >= 15 is 0 Å². The Hall–Kier alpha value is 0.190. The second kappa shape index (κ2) is 3.16. The number of halogens is 2. The van der Waals surface area contributed by atoms with Gasteiger partial charge in [0.25, 0.3) is 0 Å². The van der Waals surface area contributed by atoms with Crippen molar-refractivity contribution in [3.05, 3.63) is 13.3 Å². The summed E-state index contributed by atoms with van der Waals surface area (Å²) in [5, 5.41) is 0. The molecule has 1 aliphatic rings. The molecule has 0 saturated carbocycles. The summed E-state index contributed by atoms with van der Waals surface area (Å²) in [6, 6.07) is 1.96. The molecule has 2 nitrogen and oxygen atoms in total. The minimum absolute atomic E-state index is 0.0506. The summed E-state index contributed by atoms with van der Waals surface area (Å²) in [5.74, 6) is 1.10. The van der Waals surface area contributed by atoms with Crippen LogP contribution in [0.5, 0.6) is 0 Å². The van der Waals surface area contributed by atoms with Crippen LogP contribution >= 0.6 is 22.9 Å². The molecule has 0 fully saturated rings. The van der Waals surface area contributed by atoms with Crippen molar-refractivity contribution in [3.63, 3.8) is 0 Å². The molecule has 0 N–H and O–H groups in total. The molecule has 0 radical (unpaired) electrons. The van der Waals surface area contributed by atoms with Crippen molar-refractivity contribution in [1.29, 1.82) is 0 Å². The van der Waals surface area contributed by atoms with E-state index in [9.17, 15) is 0 Å². The summed E-state index contributed by atoms with van der Waals surface area (Å²) in [5.41, 5.74) is 1.09. The van der Waals surface area contributed by atoms with Crippen LogP contribution in [-0.2, 0) is 0 Å². The first-order chi connectivity index (χ1) is 5.66. The molecule has 0 unspecified atom stereocenters. The monoisotopic (exact) mass is 313 g/mol. The first-order valence-corrected chi connectivity index (χ1v) is 6.64. The van der Waals surface area contributed by atoms with Gasteiger partial charge in [-0.1, -0.05) is 0 Å². The van der Waals surface area contributed by atoms with Crippen LogP contribution < -0.4 is 21.5 Å². The fourth-order valence-electron chi connectivity index (χ4n) is 0.888. The van der Waals surface area contributed by atoms with Gasteiger partial charge in [0.2, 0.25) is 0 Å². The van der Waals surface area contributed by atoms with Crippen molar-refractivity contribution in [2.45, 2.75) is 6.92 Å². The molecule has 0 saturated heterocycles. The molecule has 66 valence electrons. The molecule has 0 bridgehead atoms. The van der Waals surface area contributed by atoms with E-state index in [2.05, 4.69) is 15.2 Å². The quantitative estimate of drug-likeness (QED) is 0.469. The zero-order valence-electron chi connectivity index (χ0n) is 6.64. The maximum atomic E-state index is 5.89. The van der Waals surface area contributed by atoms with Crippen LogP contribution in [0.4, 0.5) is 5.69 Å². The number of thiophene rings is 1. The van der Waals surface area contributed by atoms with Gasteiger partial charge >= 0.3 is 91.3 Å². The van der Waals surface area contributed by atoms with Crippen LogP contribution in [-0.4, -0.2) is 16.0 Å². The van der Waals surface area contributed by atoms with Crippen molar-refractivity contribution >= 4 is 34.5 Å². The standard InChI is InChI=1S/C7H7ClIN2S/c1-4-10-5-3-6(8)12-7(5)9-11(4)2/h3H,1-2H3/q-1. The molecule has 1 aromatic heterocycles. The van der Waals surface area contributed by atoms with Gasteiger partial charge in [-0.05, 0) is 0 Å². The first kappa shape index (κ1) is 8.77. The third-order valence-electron chi connectivity index (χ3n) is 1.57. The van der Waals surface area contributed by atoms with E-state index in [4.69, 9.17) is 11.6 Å². The number of hydrogen-bond acceptors (Lipinski definition) is 3. The minimum atomic E-state index is -0.0506. The van der Waals surface area contributed by atoms with Gasteiger partial charge in [-0.2, -0.15) is 0 Å². The summed E-state index contributed by atoms with van der Waals surface area (Å²) in [6.45, 7) is 2.04. The SMILES string of the molecule is CC1=Nc2cc(Cl)sc2[I-]N1C. The van der Waals surface area contributed by atoms with E-state index in [-0.39, 0.29) is 21.5 Å². The van der Waals surface area contributed by atoms with Crippen LogP contribution in [0, 0.1) is 2.88 Å². The third kappa shape index (κ3) is 1.47. The molecule has 0 aromatic carbocycles. The average molecular weight is 314 g/mol. The molecule has 1 aromatic rings. The molecular weight excluding hydrogens is 307 g/mol. The Morgan fingerprint density at radius 3 is 3.17 bits per heavy atom. The third-order valence-corrected chi connectivity index (χ3v) is 6.15. The van der Waals surface area contributed by atoms with Crippen LogP contribution in [0.1, 0.15) is 6.92 Å². The molecule has 0 aliphatic carbocycles. The molecule has 5 heteroatoms. The molecule has 0 atom stereocenters. The Kier molecular flexibility index (Phi) is 2.31. The van der Waals surface area contributed by atoms with Gasteiger partial charge < -0.3 is 0 Å². The number of rotatable bonds is 0. The zero-order valence-corrected chi connectivity index (χ0v) is 10.4. The van der Waals surface area contributed by atoms with E-state index in [1.165, 1.54) is 2.88 Å². The Labute approximate surface area is 90.9 Å². The summed E-state index contributed by atoms with van der Waals surface area (Å²) in [7, 11) is 2.09. The average Bonchev–Trinajstić information content (AvgIpc) is 2.30. The Morgan fingerprint density at radius 1 is 1.67 bits per heavy atom. The van der Waals surface area contributed by atoms with Gasteiger partial charge in [-0.25, -0.2) is 0 Å². The number of amidine groups is 1. The van der Waals surface area contributed by atoms with Crippen LogP contribution in [0.3, 0.4) is 0 Å². The topological polar surface area (TPSA) is 15.6 Å². The Balaban J connectivity index is 2.48. The van der Waals surface area contributed by atoms with Crippen LogP contribution in [0.15, 0.2) is 11.1 Å². The van der Waals surface area contributed by atoms with Crippen molar-refractivity contribution < 1.29 is 21.5 Å². The normalized spacial score (nSPS) is 16.6. The fraction of sp³-hybridized carbons (Fsp3) is 0.286. The molecule has 0 spiro atoms. The number of nitrogens with zero attached hydrogens (tertiary/aromatic N) is 2. The summed E-state index contributed by atoms with van der Waals surface area (Å²) in [6.07, 6.45) is 0. The van der Waals surface area contributed by atoms with Crippen molar-refractivity contribution in [1.82, 2.24) is 3.11 Å². The van der Waals surface area contributed by atoms with Gasteiger partial charge in [0, 0.05) is 0 Å². The first-order valence-electron chi connectivity index (χ1n) is 3.40. The summed E-state index contributed by atoms with van der Waals surface area (Å²) < 4.78 is 4.45. The summed E-state index contributed by atoms with van der Waals surface area (Å²) in [4.78, 5) is 4.44. The fourth-order valence-corrected chi connectivity index (χ4v) is 5.54. The Bertz CT molecular complexity index is 347. The molecule has 2 heterocycles. The molecule has 2 rings (SSSR count). The Morgan fingerprint density at radius 2 is 2.42 bits per heavy atom. The number of hydrogen-bond donors (Lipinski definition) is 0. The van der Waals surface area contributed by atoms with E-state index in [0.29, 0.717) is 0 Å². The van der Waals surface area contributed by atoms with Crippen LogP contribution in [0.2, 0.25) is 4.34 Å². The van der Waals surface area contributed by atoms with Gasteiger partial charge in [-0.15, -0.1) is 0 Å². The number of aliphatic imine (C=N–C) groups is 1. The number of fused-ring (bicyclic) bond motifs is 1. The van der Waals surface area contributed by atoms with Crippen molar-refractivity contribution in [2.24, 2.45) is 4.99 Å². The zero-order chi connectivity index (χ0) is 8.72. The van der Waals surface area contributed by atoms with Gasteiger partial charge in [0.05, 0.1) is 0 Å². The second-order valence-corrected chi connectivity index (χ2v) is 7.85. The molecule has 0 amide bonds. The van der Waals surface area contributed by atoms with E-state index < -0.39 is 0 Å². The van der Waals surface area contributed by atoms with Gasteiger partial charge in [-0.3, -0.25) is 0 Å². The van der Waals surface area contributed by atoms with Gasteiger partial charge in [0.1, 0.15) is 0 Å². The van der Waals surface area contributed by atoms with Crippen LogP contribution in [0.25, 0.3) is 0 Å². The summed E-state index contributed by atoms with van der Waals surface area (Å²) >= 11 is 7.51. The predicted octanol–water partition coefficient (Wildman–Crippen LogP) is -0.430. The molecular formula is C7H7ClIN2S-. The molecule has 12 heavy (non-hydrogen) atoms. The van der Waals surface area contributed by atoms with E-state index in [1.54, 1.807) is 11.3 Å².